The Balaban J connectivity index is 2.32. The van der Waals surface area contributed by atoms with Crippen LogP contribution in [-0.4, -0.2) is 9.97 Å². The van der Waals surface area contributed by atoms with Crippen molar-refractivity contribution in [2.24, 2.45) is 5.84 Å². The van der Waals surface area contributed by atoms with E-state index in [1.54, 1.807) is 6.07 Å². The molecule has 21 heavy (non-hydrogen) atoms. The number of anilines is 1. The number of nitrogens with two attached hydrogens (primary N) is 1. The van der Waals surface area contributed by atoms with Gasteiger partial charge >= 0.3 is 0 Å². The first kappa shape index (κ1) is 15.7. The lowest BCUT2D eigenvalue weighted by atomic mass is 10.1. The molecule has 0 aliphatic heterocycles. The zero-order chi connectivity index (χ0) is 15.4. The molecule has 0 saturated heterocycles. The van der Waals surface area contributed by atoms with E-state index in [1.165, 1.54) is 0 Å². The van der Waals surface area contributed by atoms with Crippen LogP contribution in [0, 0.1) is 13.8 Å². The molecule has 6 heteroatoms. The summed E-state index contributed by atoms with van der Waals surface area (Å²) in [4.78, 5) is 8.71. The first-order valence-corrected chi connectivity index (χ1v) is 7.62. The van der Waals surface area contributed by atoms with Crippen LogP contribution in [0.1, 0.15) is 30.3 Å². The molecule has 112 valence electrons. The molecule has 0 bridgehead atoms. The van der Waals surface area contributed by atoms with E-state index in [2.05, 4.69) is 38.2 Å². The van der Waals surface area contributed by atoms with E-state index in [0.29, 0.717) is 17.5 Å². The van der Waals surface area contributed by atoms with Gasteiger partial charge in [-0.2, -0.15) is 4.98 Å². The molecule has 1 heterocycles. The maximum absolute atomic E-state index is 5.86. The Labute approximate surface area is 133 Å². The number of benzene rings is 1. The smallest absolute Gasteiger partial charge is 0.224 e. The first-order chi connectivity index (χ1) is 10.0. The number of halogens is 1. The van der Waals surface area contributed by atoms with Gasteiger partial charge in [0.15, 0.2) is 0 Å². The third kappa shape index (κ3) is 3.92. The van der Waals surface area contributed by atoms with Crippen molar-refractivity contribution in [2.75, 3.05) is 5.43 Å². The number of ether oxygens (including phenoxy) is 1. The number of nitrogen functional groups attached to an aromatic ring is 1. The number of hydrogen-bond acceptors (Lipinski definition) is 5. The number of aryl methyl sites for hydroxylation is 3. The molecule has 0 saturated carbocycles. The average molecular weight is 351 g/mol. The normalized spacial score (nSPS) is 10.5. The number of hydrogen-bond donors (Lipinski definition) is 2. The molecule has 0 unspecified atom stereocenters. The summed E-state index contributed by atoms with van der Waals surface area (Å²) in [5.41, 5.74) is 4.78. The summed E-state index contributed by atoms with van der Waals surface area (Å²) in [5.74, 6) is 7.95. The highest BCUT2D eigenvalue weighted by molar-refractivity contribution is 9.10. The van der Waals surface area contributed by atoms with Gasteiger partial charge in [0.25, 0.3) is 0 Å². The average Bonchev–Trinajstić information content (AvgIpc) is 2.44. The summed E-state index contributed by atoms with van der Waals surface area (Å²) < 4.78 is 6.95. The predicted octanol–water partition coefficient (Wildman–Crippen LogP) is 3.89. The van der Waals surface area contributed by atoms with Crippen LogP contribution in [-0.2, 0) is 6.42 Å². The van der Waals surface area contributed by atoms with E-state index in [0.717, 1.165) is 34.2 Å². The second kappa shape index (κ2) is 6.87. The maximum Gasteiger partial charge on any atom is 0.224 e. The first-order valence-electron chi connectivity index (χ1n) is 6.82. The predicted molar refractivity (Wildman–Crippen MR) is 87.5 cm³/mol. The van der Waals surface area contributed by atoms with Gasteiger partial charge in [0.2, 0.25) is 5.88 Å². The second-order valence-corrected chi connectivity index (χ2v) is 5.67. The molecule has 0 aliphatic rings. The Hall–Kier alpha value is -1.66. The van der Waals surface area contributed by atoms with Gasteiger partial charge in [0, 0.05) is 17.0 Å². The van der Waals surface area contributed by atoms with E-state index in [1.807, 2.05) is 26.0 Å². The van der Waals surface area contributed by atoms with Crippen LogP contribution in [0.25, 0.3) is 0 Å². The highest BCUT2D eigenvalue weighted by Gasteiger charge is 2.08. The number of hydrazine groups is 1. The van der Waals surface area contributed by atoms with E-state index < -0.39 is 0 Å². The molecule has 0 radical (unpaired) electrons. The van der Waals surface area contributed by atoms with Crippen molar-refractivity contribution in [3.05, 3.63) is 39.6 Å². The molecular weight excluding hydrogens is 332 g/mol. The van der Waals surface area contributed by atoms with Gasteiger partial charge in [0.05, 0.1) is 0 Å². The Bertz CT molecular complexity index is 623. The van der Waals surface area contributed by atoms with Crippen molar-refractivity contribution in [1.82, 2.24) is 9.97 Å². The molecule has 1 aromatic carbocycles. The van der Waals surface area contributed by atoms with Crippen molar-refractivity contribution < 1.29 is 4.74 Å². The molecule has 0 atom stereocenters. The fourth-order valence-corrected chi connectivity index (χ4v) is 2.25. The molecule has 2 rings (SSSR count). The van der Waals surface area contributed by atoms with Crippen LogP contribution in [0.5, 0.6) is 11.6 Å². The van der Waals surface area contributed by atoms with Crippen molar-refractivity contribution in [2.45, 2.75) is 33.6 Å². The Kier molecular flexibility index (Phi) is 5.14. The SMILES string of the molecule is CCCc1nc(NN)cc(Oc2cc(C)c(Br)c(C)c2)n1. The van der Waals surface area contributed by atoms with Crippen LogP contribution in [0.3, 0.4) is 0 Å². The van der Waals surface area contributed by atoms with E-state index in [4.69, 9.17) is 10.6 Å². The van der Waals surface area contributed by atoms with E-state index >= 15 is 0 Å². The van der Waals surface area contributed by atoms with Crippen molar-refractivity contribution in [3.63, 3.8) is 0 Å². The molecular formula is C15H19BrN4O. The van der Waals surface area contributed by atoms with Crippen LogP contribution < -0.4 is 16.0 Å². The van der Waals surface area contributed by atoms with Crippen molar-refractivity contribution in [1.29, 1.82) is 0 Å². The Morgan fingerprint density at radius 1 is 1.19 bits per heavy atom. The van der Waals surface area contributed by atoms with E-state index in [9.17, 15) is 0 Å². The minimum absolute atomic E-state index is 0.488. The molecule has 5 nitrogen and oxygen atoms in total. The number of nitrogens with zero attached hydrogens (tertiary/aromatic N) is 2. The third-order valence-electron chi connectivity index (χ3n) is 3.00. The minimum atomic E-state index is 0.488. The van der Waals surface area contributed by atoms with Gasteiger partial charge in [-0.15, -0.1) is 0 Å². The molecule has 1 aromatic heterocycles. The standard InChI is InChI=1S/C15H19BrN4O/c1-4-5-12-18-13(20-17)8-14(19-12)21-11-6-9(2)15(16)10(3)7-11/h6-8H,4-5,17H2,1-3H3,(H,18,19,20). The van der Waals surface area contributed by atoms with Crippen LogP contribution in [0.2, 0.25) is 0 Å². The van der Waals surface area contributed by atoms with Gasteiger partial charge in [-0.1, -0.05) is 22.9 Å². The number of aromatic nitrogens is 2. The van der Waals surface area contributed by atoms with Gasteiger partial charge < -0.3 is 10.2 Å². The monoisotopic (exact) mass is 350 g/mol. The summed E-state index contributed by atoms with van der Waals surface area (Å²) in [6, 6.07) is 5.62. The Morgan fingerprint density at radius 3 is 2.43 bits per heavy atom. The van der Waals surface area contributed by atoms with E-state index in [-0.39, 0.29) is 0 Å². The zero-order valence-corrected chi connectivity index (χ0v) is 14.0. The highest BCUT2D eigenvalue weighted by atomic mass is 79.9. The quantitative estimate of drug-likeness (QED) is 0.632. The fourth-order valence-electron chi connectivity index (χ4n) is 2.02. The summed E-state index contributed by atoms with van der Waals surface area (Å²) in [6.07, 6.45) is 1.74. The molecule has 0 fully saturated rings. The topological polar surface area (TPSA) is 73.1 Å². The van der Waals surface area contributed by atoms with Crippen LogP contribution >= 0.6 is 15.9 Å². The second-order valence-electron chi connectivity index (χ2n) is 4.88. The van der Waals surface area contributed by atoms with Gasteiger partial charge in [-0.25, -0.2) is 10.8 Å². The van der Waals surface area contributed by atoms with Gasteiger partial charge in [0.1, 0.15) is 17.4 Å². The lowest BCUT2D eigenvalue weighted by molar-refractivity contribution is 0.458. The Morgan fingerprint density at radius 2 is 1.86 bits per heavy atom. The minimum Gasteiger partial charge on any atom is -0.439 e. The molecule has 2 aromatic rings. The maximum atomic E-state index is 5.86. The molecule has 3 N–H and O–H groups in total. The summed E-state index contributed by atoms with van der Waals surface area (Å²) in [6.45, 7) is 6.13. The summed E-state index contributed by atoms with van der Waals surface area (Å²) in [5, 5.41) is 0. The number of nitrogens with one attached hydrogen (secondary N) is 1. The van der Waals surface area contributed by atoms with Crippen molar-refractivity contribution in [3.8, 4) is 11.6 Å². The zero-order valence-electron chi connectivity index (χ0n) is 12.4. The van der Waals surface area contributed by atoms with Crippen LogP contribution in [0.15, 0.2) is 22.7 Å². The van der Waals surface area contributed by atoms with Gasteiger partial charge in [-0.05, 0) is 43.5 Å². The van der Waals surface area contributed by atoms with Gasteiger partial charge in [-0.3, -0.25) is 0 Å². The molecule has 0 aliphatic carbocycles. The highest BCUT2D eigenvalue weighted by Crippen LogP contribution is 2.29. The largest absolute Gasteiger partial charge is 0.439 e. The summed E-state index contributed by atoms with van der Waals surface area (Å²) >= 11 is 3.55. The number of rotatable bonds is 5. The van der Waals surface area contributed by atoms with Crippen molar-refractivity contribution >= 4 is 21.7 Å². The lowest BCUT2D eigenvalue weighted by Gasteiger charge is -2.11. The molecule has 0 amide bonds. The fraction of sp³-hybridized carbons (Fsp3) is 0.333. The third-order valence-corrected chi connectivity index (χ3v) is 4.25. The van der Waals surface area contributed by atoms with Crippen LogP contribution in [0.4, 0.5) is 5.82 Å². The molecule has 0 spiro atoms. The summed E-state index contributed by atoms with van der Waals surface area (Å²) in [7, 11) is 0. The lowest BCUT2D eigenvalue weighted by Crippen LogP contribution is -2.10.